The first kappa shape index (κ1) is 14.4. The molecule has 1 fully saturated rings. The number of primary amides is 1. The SMILES string of the molecule is CCc1c(F)c(F)cc(C(=O)N(C(N)=O)C2CC2)c1F. The van der Waals surface area contributed by atoms with Crippen molar-refractivity contribution in [3.63, 3.8) is 0 Å². The highest BCUT2D eigenvalue weighted by Gasteiger charge is 2.38. The standard InChI is InChI=1S/C13H13F3N2O2/c1-2-7-10(15)8(5-9(14)11(7)16)12(19)18(13(17)20)6-3-4-6/h5-6H,2-4H2,1H3,(H2,17,20). The van der Waals surface area contributed by atoms with Crippen molar-refractivity contribution in [3.8, 4) is 0 Å². The second kappa shape index (κ2) is 5.15. The van der Waals surface area contributed by atoms with Gasteiger partial charge in [-0.25, -0.2) is 18.0 Å². The summed E-state index contributed by atoms with van der Waals surface area (Å²) in [7, 11) is 0. The van der Waals surface area contributed by atoms with Gasteiger partial charge in [-0.05, 0) is 25.3 Å². The van der Waals surface area contributed by atoms with Crippen molar-refractivity contribution in [3.05, 3.63) is 34.6 Å². The lowest BCUT2D eigenvalue weighted by Crippen LogP contribution is -2.42. The number of nitrogens with two attached hydrogens (primary N) is 1. The van der Waals surface area contributed by atoms with Gasteiger partial charge in [-0.15, -0.1) is 0 Å². The maximum Gasteiger partial charge on any atom is 0.322 e. The molecule has 0 heterocycles. The van der Waals surface area contributed by atoms with Crippen LogP contribution < -0.4 is 5.73 Å². The van der Waals surface area contributed by atoms with Crippen molar-refractivity contribution in [2.75, 3.05) is 0 Å². The Labute approximate surface area is 113 Å². The number of amides is 3. The van der Waals surface area contributed by atoms with Crippen molar-refractivity contribution in [1.29, 1.82) is 0 Å². The Morgan fingerprint density at radius 2 is 1.90 bits per heavy atom. The minimum Gasteiger partial charge on any atom is -0.351 e. The lowest BCUT2D eigenvalue weighted by molar-refractivity contribution is 0.0793. The molecule has 1 aromatic rings. The number of imide groups is 1. The Kier molecular flexibility index (Phi) is 3.69. The molecule has 7 heteroatoms. The number of hydrogen-bond acceptors (Lipinski definition) is 2. The third kappa shape index (κ3) is 2.35. The number of nitrogens with zero attached hydrogens (tertiary/aromatic N) is 1. The zero-order chi connectivity index (χ0) is 15.0. The Morgan fingerprint density at radius 1 is 1.30 bits per heavy atom. The quantitative estimate of drug-likeness (QED) is 0.867. The highest BCUT2D eigenvalue weighted by molar-refractivity contribution is 6.04. The van der Waals surface area contributed by atoms with E-state index in [0.717, 1.165) is 0 Å². The molecule has 2 N–H and O–H groups in total. The molecule has 1 saturated carbocycles. The molecule has 4 nitrogen and oxygen atoms in total. The molecule has 0 aromatic heterocycles. The smallest absolute Gasteiger partial charge is 0.322 e. The molecule has 1 aliphatic rings. The monoisotopic (exact) mass is 286 g/mol. The number of urea groups is 1. The van der Waals surface area contributed by atoms with Gasteiger partial charge in [-0.3, -0.25) is 9.69 Å². The summed E-state index contributed by atoms with van der Waals surface area (Å²) < 4.78 is 40.9. The molecule has 0 radical (unpaired) electrons. The predicted molar refractivity (Wildman–Crippen MR) is 64.5 cm³/mol. The molecule has 0 bridgehead atoms. The predicted octanol–water partition coefficient (Wildman–Crippen LogP) is 2.35. The van der Waals surface area contributed by atoms with Gasteiger partial charge in [0.05, 0.1) is 5.56 Å². The molecular weight excluding hydrogens is 273 g/mol. The van der Waals surface area contributed by atoms with Gasteiger partial charge in [-0.1, -0.05) is 6.92 Å². The van der Waals surface area contributed by atoms with Crippen molar-refractivity contribution < 1.29 is 22.8 Å². The number of halogens is 3. The lowest BCUT2D eigenvalue weighted by atomic mass is 10.0. The lowest BCUT2D eigenvalue weighted by Gasteiger charge is -2.19. The second-order valence-electron chi connectivity index (χ2n) is 4.61. The summed E-state index contributed by atoms with van der Waals surface area (Å²) in [6.45, 7) is 1.43. The van der Waals surface area contributed by atoms with Crippen LogP contribution in [0.1, 0.15) is 35.7 Å². The first-order chi connectivity index (χ1) is 9.38. The van der Waals surface area contributed by atoms with Gasteiger partial charge in [0.25, 0.3) is 5.91 Å². The largest absolute Gasteiger partial charge is 0.351 e. The van der Waals surface area contributed by atoms with Crippen molar-refractivity contribution in [1.82, 2.24) is 4.90 Å². The molecule has 0 atom stereocenters. The number of carbonyl (C=O) groups excluding carboxylic acids is 2. The van der Waals surface area contributed by atoms with E-state index in [1.807, 2.05) is 0 Å². The Bertz CT molecular complexity index is 585. The summed E-state index contributed by atoms with van der Waals surface area (Å²) in [5.74, 6) is -4.83. The van der Waals surface area contributed by atoms with Crippen LogP contribution in [0.2, 0.25) is 0 Å². The van der Waals surface area contributed by atoms with E-state index in [9.17, 15) is 22.8 Å². The Morgan fingerprint density at radius 3 is 2.35 bits per heavy atom. The van der Waals surface area contributed by atoms with E-state index < -0.39 is 46.6 Å². The zero-order valence-corrected chi connectivity index (χ0v) is 10.8. The molecule has 1 aromatic carbocycles. The van der Waals surface area contributed by atoms with Crippen LogP contribution in [-0.2, 0) is 6.42 Å². The van der Waals surface area contributed by atoms with E-state index in [1.165, 1.54) is 6.92 Å². The van der Waals surface area contributed by atoms with Crippen LogP contribution in [0.3, 0.4) is 0 Å². The highest BCUT2D eigenvalue weighted by atomic mass is 19.2. The van der Waals surface area contributed by atoms with Gasteiger partial charge in [0.1, 0.15) is 5.82 Å². The van der Waals surface area contributed by atoms with Crippen LogP contribution in [0.25, 0.3) is 0 Å². The number of benzene rings is 1. The first-order valence-corrected chi connectivity index (χ1v) is 6.17. The van der Waals surface area contributed by atoms with Crippen LogP contribution >= 0.6 is 0 Å². The third-order valence-corrected chi connectivity index (χ3v) is 3.20. The van der Waals surface area contributed by atoms with Gasteiger partial charge < -0.3 is 5.73 Å². The molecule has 108 valence electrons. The van der Waals surface area contributed by atoms with Crippen LogP contribution in [0.15, 0.2) is 6.07 Å². The average Bonchev–Trinajstić information content (AvgIpc) is 3.18. The van der Waals surface area contributed by atoms with Crippen LogP contribution in [-0.4, -0.2) is 22.9 Å². The minimum atomic E-state index is -1.33. The summed E-state index contributed by atoms with van der Waals surface area (Å²) in [4.78, 5) is 24.1. The fraction of sp³-hybridized carbons (Fsp3) is 0.385. The fourth-order valence-corrected chi connectivity index (χ4v) is 2.03. The molecule has 2 rings (SSSR count). The number of carbonyl (C=O) groups is 2. The van der Waals surface area contributed by atoms with Crippen LogP contribution in [0.4, 0.5) is 18.0 Å². The Balaban J connectivity index is 2.49. The van der Waals surface area contributed by atoms with Crippen molar-refractivity contribution in [2.24, 2.45) is 5.73 Å². The van der Waals surface area contributed by atoms with Crippen molar-refractivity contribution >= 4 is 11.9 Å². The number of hydrogen-bond donors (Lipinski definition) is 1. The summed E-state index contributed by atoms with van der Waals surface area (Å²) >= 11 is 0. The topological polar surface area (TPSA) is 63.4 Å². The van der Waals surface area contributed by atoms with Crippen LogP contribution in [0, 0.1) is 17.5 Å². The molecule has 1 aliphatic carbocycles. The maximum absolute atomic E-state index is 14.1. The molecule has 0 aliphatic heterocycles. The second-order valence-corrected chi connectivity index (χ2v) is 4.61. The normalized spacial score (nSPS) is 14.2. The average molecular weight is 286 g/mol. The van der Waals surface area contributed by atoms with Gasteiger partial charge in [0, 0.05) is 11.6 Å². The molecule has 0 unspecified atom stereocenters. The van der Waals surface area contributed by atoms with E-state index in [4.69, 9.17) is 5.73 Å². The maximum atomic E-state index is 14.1. The van der Waals surface area contributed by atoms with E-state index in [0.29, 0.717) is 23.8 Å². The zero-order valence-electron chi connectivity index (χ0n) is 10.8. The van der Waals surface area contributed by atoms with E-state index in [1.54, 1.807) is 0 Å². The summed E-state index contributed by atoms with van der Waals surface area (Å²) in [5.41, 5.74) is 3.89. The van der Waals surface area contributed by atoms with E-state index in [2.05, 4.69) is 0 Å². The first-order valence-electron chi connectivity index (χ1n) is 6.17. The summed E-state index contributed by atoms with van der Waals surface area (Å²) in [6, 6.07) is -0.956. The van der Waals surface area contributed by atoms with E-state index in [-0.39, 0.29) is 6.42 Å². The summed E-state index contributed by atoms with van der Waals surface area (Å²) in [5, 5.41) is 0. The third-order valence-electron chi connectivity index (χ3n) is 3.20. The molecule has 3 amide bonds. The minimum absolute atomic E-state index is 0.115. The molecule has 20 heavy (non-hydrogen) atoms. The van der Waals surface area contributed by atoms with Gasteiger partial charge >= 0.3 is 6.03 Å². The van der Waals surface area contributed by atoms with Gasteiger partial charge in [0.2, 0.25) is 0 Å². The molecule has 0 saturated heterocycles. The summed E-state index contributed by atoms with van der Waals surface area (Å²) in [6.07, 6.45) is 1.02. The number of rotatable bonds is 3. The van der Waals surface area contributed by atoms with Gasteiger partial charge in [0.15, 0.2) is 11.6 Å². The van der Waals surface area contributed by atoms with Gasteiger partial charge in [-0.2, -0.15) is 0 Å². The van der Waals surface area contributed by atoms with Crippen LogP contribution in [0.5, 0.6) is 0 Å². The molecular formula is C13H13F3N2O2. The Hall–Kier alpha value is -2.05. The molecule has 0 spiro atoms. The highest BCUT2D eigenvalue weighted by Crippen LogP contribution is 2.30. The van der Waals surface area contributed by atoms with E-state index >= 15 is 0 Å². The van der Waals surface area contributed by atoms with Crippen molar-refractivity contribution in [2.45, 2.75) is 32.2 Å². The fourth-order valence-electron chi connectivity index (χ4n) is 2.03.